The molecule has 5 unspecified atom stereocenters. The van der Waals surface area contributed by atoms with Crippen molar-refractivity contribution in [3.8, 4) is 0 Å². The Hall–Kier alpha value is -5.40. The summed E-state index contributed by atoms with van der Waals surface area (Å²) in [5, 5.41) is 29.9. The van der Waals surface area contributed by atoms with Gasteiger partial charge in [-0.15, -0.1) is 0 Å². The Bertz CT molecular complexity index is 2430. The van der Waals surface area contributed by atoms with E-state index in [9.17, 15) is 43.8 Å². The van der Waals surface area contributed by atoms with Crippen molar-refractivity contribution in [1.82, 2.24) is 15.5 Å². The number of hydrogen-bond donors (Lipinski definition) is 5. The van der Waals surface area contributed by atoms with Crippen molar-refractivity contribution in [3.63, 3.8) is 0 Å². The normalized spacial score (nSPS) is 34.2. The SMILES string of the molecule is C[C@H](NC(=O)CCN1C(=O)C=CC1=O)C(=O)N[C@@H](C)C(=O)Nc1cccc(Sc2ccc(C3O[C@@H]4C[C@H]5C6C[C@H](F)C7=CC(=O)C=CC7(C)[C@@]6(F)C(O)CC5(C)[C@]4(C(=O)CO)O3)cc2)c1. The largest absolute Gasteiger partial charge is 0.390 e. The number of nitrogens with zero attached hydrogens (tertiary/aromatic N) is 1. The summed E-state index contributed by atoms with van der Waals surface area (Å²) in [6, 6.07) is 12.2. The summed E-state index contributed by atoms with van der Waals surface area (Å²) in [6.45, 7) is 5.13. The van der Waals surface area contributed by atoms with Gasteiger partial charge in [-0.2, -0.15) is 0 Å². The molecule has 0 aromatic heterocycles. The number of hydrogen-bond acceptors (Lipinski definition) is 12. The molecule has 2 heterocycles. The number of alkyl halides is 2. The summed E-state index contributed by atoms with van der Waals surface area (Å²) < 4.78 is 46.8. The maximum absolute atomic E-state index is 17.7. The standard InChI is InChI=1S/C47H50F2N4O11S/c1-24(50-38(58)15-17-53-39(59)12-13-40(53)60)41(61)51-25(2)42(62)52-27-6-5-7-30(18-27)65-29-10-8-26(9-11-29)43-63-37-21-31-32-20-34(48)33-19-28(55)14-16-44(33,3)46(32,49)35(56)22-45(31,4)47(37,64-43)36(57)23-54/h5-14,16,18-19,24-25,31-32,34-35,37,43,54,56H,15,17,20-23H2,1-4H3,(H,50,58)(H,51,61)(H,52,62)/t24-,25-,31-,32?,34-,35?,37+,43?,44?,45?,46-,47+/m0/s1. The van der Waals surface area contributed by atoms with Crippen LogP contribution in [-0.4, -0.2) is 111 Å². The minimum absolute atomic E-state index is 0.00479. The minimum Gasteiger partial charge on any atom is -0.390 e. The number of amides is 5. The van der Waals surface area contributed by atoms with Crippen molar-refractivity contribution in [2.24, 2.45) is 22.7 Å². The number of ether oxygens (including phenoxy) is 2. The number of aliphatic hydroxyl groups is 2. The fourth-order valence-corrected chi connectivity index (χ4v) is 12.0. The van der Waals surface area contributed by atoms with Crippen LogP contribution in [0.15, 0.2) is 94.3 Å². The van der Waals surface area contributed by atoms with Crippen LogP contribution in [0.1, 0.15) is 65.2 Å². The van der Waals surface area contributed by atoms with E-state index in [2.05, 4.69) is 16.0 Å². The van der Waals surface area contributed by atoms with Crippen molar-refractivity contribution in [2.45, 2.75) is 111 Å². The number of anilines is 1. The van der Waals surface area contributed by atoms with Gasteiger partial charge >= 0.3 is 0 Å². The third kappa shape index (κ3) is 7.66. The Labute approximate surface area is 377 Å². The van der Waals surface area contributed by atoms with Gasteiger partial charge in [0.05, 0.1) is 12.2 Å². The zero-order valence-corrected chi connectivity index (χ0v) is 36.9. The smallest absolute Gasteiger partial charge is 0.253 e. The van der Waals surface area contributed by atoms with Crippen molar-refractivity contribution >= 4 is 58.6 Å². The van der Waals surface area contributed by atoms with Crippen molar-refractivity contribution in [1.29, 1.82) is 0 Å². The Balaban J connectivity index is 0.887. The Morgan fingerprint density at radius 3 is 2.31 bits per heavy atom. The van der Waals surface area contributed by atoms with Crippen LogP contribution in [0.4, 0.5) is 14.5 Å². The maximum atomic E-state index is 17.7. The molecular weight excluding hydrogens is 867 g/mol. The first kappa shape index (κ1) is 46.1. The lowest BCUT2D eigenvalue weighted by Crippen LogP contribution is -2.70. The second-order valence-electron chi connectivity index (χ2n) is 18.1. The van der Waals surface area contributed by atoms with Crippen LogP contribution in [0.2, 0.25) is 0 Å². The van der Waals surface area contributed by atoms with Gasteiger partial charge in [-0.25, -0.2) is 8.78 Å². The molecule has 2 aromatic carbocycles. The molecule has 8 rings (SSSR count). The molecule has 6 aliphatic rings. The molecule has 4 aliphatic carbocycles. The van der Waals surface area contributed by atoms with E-state index >= 15 is 8.78 Å². The number of nitrogens with one attached hydrogen (secondary N) is 3. The number of ketones is 2. The zero-order chi connectivity index (χ0) is 46.8. The molecule has 344 valence electrons. The summed E-state index contributed by atoms with van der Waals surface area (Å²) in [4.78, 5) is 90.2. The number of halogens is 2. The fraction of sp³-hybridized carbons (Fsp3) is 0.468. The Kier molecular flexibility index (Phi) is 12.1. The number of imide groups is 1. The predicted octanol–water partition coefficient (Wildman–Crippen LogP) is 3.74. The van der Waals surface area contributed by atoms with Crippen LogP contribution in [0.3, 0.4) is 0 Å². The van der Waals surface area contributed by atoms with Gasteiger partial charge in [-0.3, -0.25) is 38.5 Å². The first-order chi connectivity index (χ1) is 30.7. The van der Waals surface area contributed by atoms with Crippen LogP contribution in [0.5, 0.6) is 0 Å². The lowest BCUT2D eigenvalue weighted by Gasteiger charge is -2.63. The number of benzene rings is 2. The third-order valence-corrected chi connectivity index (χ3v) is 15.4. The van der Waals surface area contributed by atoms with E-state index in [-0.39, 0.29) is 37.8 Å². The molecule has 0 bridgehead atoms. The van der Waals surface area contributed by atoms with E-state index in [0.29, 0.717) is 11.3 Å². The molecule has 1 saturated heterocycles. The summed E-state index contributed by atoms with van der Waals surface area (Å²) in [7, 11) is 0. The van der Waals surface area contributed by atoms with Gasteiger partial charge in [-0.1, -0.05) is 43.0 Å². The van der Waals surface area contributed by atoms with Gasteiger partial charge in [0.25, 0.3) is 11.8 Å². The molecule has 0 spiro atoms. The number of carbonyl (C=O) groups excluding carboxylic acids is 7. The second kappa shape index (κ2) is 17.1. The summed E-state index contributed by atoms with van der Waals surface area (Å²) >= 11 is 1.38. The second-order valence-corrected chi connectivity index (χ2v) is 19.3. The first-order valence-corrected chi connectivity index (χ1v) is 22.3. The number of allylic oxidation sites excluding steroid dienone is 4. The summed E-state index contributed by atoms with van der Waals surface area (Å²) in [5.41, 5.74) is -5.98. The van der Waals surface area contributed by atoms with E-state index in [0.717, 1.165) is 32.9 Å². The molecule has 0 radical (unpaired) electrons. The first-order valence-electron chi connectivity index (χ1n) is 21.5. The van der Waals surface area contributed by atoms with Crippen LogP contribution >= 0.6 is 11.8 Å². The highest BCUT2D eigenvalue weighted by atomic mass is 32.2. The fourth-order valence-electron chi connectivity index (χ4n) is 11.1. The number of fused-ring (bicyclic) bond motifs is 7. The van der Waals surface area contributed by atoms with Crippen LogP contribution in [0.25, 0.3) is 0 Å². The molecule has 3 saturated carbocycles. The van der Waals surface area contributed by atoms with E-state index in [1.54, 1.807) is 37.3 Å². The molecule has 2 aromatic rings. The zero-order valence-electron chi connectivity index (χ0n) is 36.0. The average Bonchev–Trinajstić information content (AvgIpc) is 3.89. The van der Waals surface area contributed by atoms with Crippen molar-refractivity contribution in [2.75, 3.05) is 18.5 Å². The van der Waals surface area contributed by atoms with Gasteiger partial charge in [0.2, 0.25) is 17.7 Å². The molecule has 65 heavy (non-hydrogen) atoms. The molecule has 5 N–H and O–H groups in total. The molecule has 18 heteroatoms. The topological polar surface area (TPSA) is 218 Å². The molecular formula is C47H50F2N4O11S. The average molecular weight is 917 g/mol. The monoisotopic (exact) mass is 916 g/mol. The van der Waals surface area contributed by atoms with Crippen LogP contribution in [-0.2, 0) is 43.0 Å². The molecule has 2 aliphatic heterocycles. The van der Waals surface area contributed by atoms with Crippen molar-refractivity contribution in [3.05, 3.63) is 90.0 Å². The van der Waals surface area contributed by atoms with Gasteiger partial charge in [0.1, 0.15) is 24.9 Å². The third-order valence-electron chi connectivity index (χ3n) is 14.4. The Morgan fingerprint density at radius 1 is 0.923 bits per heavy atom. The lowest BCUT2D eigenvalue weighted by atomic mass is 9.44. The van der Waals surface area contributed by atoms with Gasteiger partial charge in [-0.05, 0) is 94.0 Å². The molecule has 5 amide bonds. The quantitative estimate of drug-likeness (QED) is 0.182. The summed E-state index contributed by atoms with van der Waals surface area (Å²) in [5.74, 6) is -5.59. The van der Waals surface area contributed by atoms with Gasteiger partial charge < -0.3 is 35.6 Å². The number of rotatable bonds is 13. The number of carbonyl (C=O) groups is 7. The highest BCUT2D eigenvalue weighted by Gasteiger charge is 2.80. The minimum atomic E-state index is -2.36. The van der Waals surface area contributed by atoms with E-state index in [1.165, 1.54) is 44.7 Å². The molecule has 12 atom stereocenters. The predicted molar refractivity (Wildman–Crippen MR) is 229 cm³/mol. The van der Waals surface area contributed by atoms with Crippen LogP contribution in [0, 0.1) is 22.7 Å². The summed E-state index contributed by atoms with van der Waals surface area (Å²) in [6.07, 6.45) is -0.0355. The lowest BCUT2D eigenvalue weighted by molar-refractivity contribution is -0.235. The Morgan fingerprint density at radius 2 is 1.62 bits per heavy atom. The molecule has 15 nitrogen and oxygen atoms in total. The highest BCUT2D eigenvalue weighted by molar-refractivity contribution is 7.99. The molecule has 4 fully saturated rings. The van der Waals surface area contributed by atoms with E-state index < -0.39 is 118 Å². The van der Waals surface area contributed by atoms with E-state index in [4.69, 9.17) is 9.47 Å². The van der Waals surface area contributed by atoms with Gasteiger partial charge in [0, 0.05) is 62.9 Å². The van der Waals surface area contributed by atoms with Crippen LogP contribution < -0.4 is 16.0 Å². The number of aliphatic hydroxyl groups excluding tert-OH is 2. The van der Waals surface area contributed by atoms with Crippen molar-refractivity contribution < 1.29 is 62.0 Å². The van der Waals surface area contributed by atoms with E-state index in [1.807, 2.05) is 18.2 Å². The maximum Gasteiger partial charge on any atom is 0.253 e. The highest BCUT2D eigenvalue weighted by Crippen LogP contribution is 2.72. The number of Topliss-reactive ketones (excluding diaryl/α,β-unsaturated/α-hetero) is 1. The van der Waals surface area contributed by atoms with Gasteiger partial charge in [0.15, 0.2) is 29.1 Å².